The van der Waals surface area contributed by atoms with E-state index in [0.29, 0.717) is 12.5 Å². The summed E-state index contributed by atoms with van der Waals surface area (Å²) in [6.45, 7) is 2.55. The summed E-state index contributed by atoms with van der Waals surface area (Å²) in [4.78, 5) is 17.1. The second-order valence-corrected chi connectivity index (χ2v) is 4.16. The number of nitrogens with zero attached hydrogens (tertiary/aromatic N) is 4. The van der Waals surface area contributed by atoms with Crippen molar-refractivity contribution < 1.29 is 4.74 Å². The molecular weight excluding hydrogens is 240 g/mol. The highest BCUT2D eigenvalue weighted by Gasteiger charge is 2.06. The number of hydrogen-bond donors (Lipinski definition) is 2. The zero-order chi connectivity index (χ0) is 12.3. The number of nitrogen functional groups attached to an aromatic ring is 1. The van der Waals surface area contributed by atoms with E-state index >= 15 is 0 Å². The average molecular weight is 252 g/mol. The fourth-order valence-corrected chi connectivity index (χ4v) is 1.91. The normalized spacial score (nSPS) is 10.2. The van der Waals surface area contributed by atoms with Crippen molar-refractivity contribution in [2.45, 2.75) is 13.5 Å². The lowest BCUT2D eigenvalue weighted by Crippen LogP contribution is -2.08. The molecule has 0 amide bonds. The van der Waals surface area contributed by atoms with Crippen LogP contribution in [0.1, 0.15) is 10.6 Å². The van der Waals surface area contributed by atoms with Crippen molar-refractivity contribution in [3.63, 3.8) is 0 Å². The maximum atomic E-state index is 5.52. The van der Waals surface area contributed by atoms with Crippen LogP contribution >= 0.6 is 11.3 Å². The summed E-state index contributed by atoms with van der Waals surface area (Å²) in [7, 11) is 1.48. The molecule has 0 aliphatic rings. The van der Waals surface area contributed by atoms with E-state index < -0.39 is 0 Å². The van der Waals surface area contributed by atoms with Gasteiger partial charge in [0.05, 0.1) is 24.9 Å². The SMILES string of the molecule is COc1nc(N)nc(NCc2scnc2C)n1. The molecule has 0 unspecified atom stereocenters. The van der Waals surface area contributed by atoms with Gasteiger partial charge in [-0.05, 0) is 6.92 Å². The second-order valence-electron chi connectivity index (χ2n) is 3.22. The molecule has 0 saturated heterocycles. The van der Waals surface area contributed by atoms with Crippen LogP contribution < -0.4 is 15.8 Å². The summed E-state index contributed by atoms with van der Waals surface area (Å²) < 4.78 is 4.90. The van der Waals surface area contributed by atoms with Gasteiger partial charge in [0, 0.05) is 4.88 Å². The van der Waals surface area contributed by atoms with Crippen molar-refractivity contribution in [3.8, 4) is 6.01 Å². The number of nitrogens with one attached hydrogen (secondary N) is 1. The van der Waals surface area contributed by atoms with E-state index in [9.17, 15) is 0 Å². The van der Waals surface area contributed by atoms with Gasteiger partial charge < -0.3 is 15.8 Å². The van der Waals surface area contributed by atoms with Gasteiger partial charge in [0.2, 0.25) is 11.9 Å². The Morgan fingerprint density at radius 2 is 2.24 bits per heavy atom. The molecule has 0 aliphatic carbocycles. The van der Waals surface area contributed by atoms with E-state index in [1.165, 1.54) is 7.11 Å². The van der Waals surface area contributed by atoms with Crippen molar-refractivity contribution in [2.75, 3.05) is 18.2 Å². The van der Waals surface area contributed by atoms with Crippen molar-refractivity contribution in [2.24, 2.45) is 0 Å². The van der Waals surface area contributed by atoms with Gasteiger partial charge in [-0.3, -0.25) is 0 Å². The van der Waals surface area contributed by atoms with Crippen LogP contribution in [-0.2, 0) is 6.54 Å². The van der Waals surface area contributed by atoms with Gasteiger partial charge in [0.15, 0.2) is 0 Å². The molecule has 8 heteroatoms. The standard InChI is InChI=1S/C9H12N6OS/c1-5-6(17-4-12-5)3-11-8-13-7(10)14-9(15-8)16-2/h4H,3H2,1-2H3,(H3,10,11,13,14,15). The number of aryl methyl sites for hydroxylation is 1. The minimum atomic E-state index is 0.125. The molecule has 0 fully saturated rings. The van der Waals surface area contributed by atoms with Gasteiger partial charge >= 0.3 is 6.01 Å². The fourth-order valence-electron chi connectivity index (χ4n) is 1.20. The molecule has 2 aromatic rings. The maximum absolute atomic E-state index is 5.52. The number of ether oxygens (including phenoxy) is 1. The van der Waals surface area contributed by atoms with Gasteiger partial charge in [0.1, 0.15) is 0 Å². The van der Waals surface area contributed by atoms with Gasteiger partial charge in [-0.2, -0.15) is 15.0 Å². The Bertz CT molecular complexity index is 514. The maximum Gasteiger partial charge on any atom is 0.322 e. The average Bonchev–Trinajstić information content (AvgIpc) is 2.71. The molecule has 90 valence electrons. The van der Waals surface area contributed by atoms with Crippen LogP contribution in [0, 0.1) is 6.92 Å². The Balaban J connectivity index is 2.09. The van der Waals surface area contributed by atoms with E-state index in [1.54, 1.807) is 16.8 Å². The Kier molecular flexibility index (Phi) is 3.33. The quantitative estimate of drug-likeness (QED) is 0.831. The zero-order valence-electron chi connectivity index (χ0n) is 9.47. The highest BCUT2D eigenvalue weighted by atomic mass is 32.1. The van der Waals surface area contributed by atoms with Crippen LogP contribution in [-0.4, -0.2) is 27.0 Å². The Labute approximate surface area is 102 Å². The predicted molar refractivity (Wildman–Crippen MR) is 65.0 cm³/mol. The molecule has 0 saturated carbocycles. The van der Waals surface area contributed by atoms with E-state index in [1.807, 2.05) is 6.92 Å². The largest absolute Gasteiger partial charge is 0.467 e. The Hall–Kier alpha value is -1.96. The molecule has 0 radical (unpaired) electrons. The van der Waals surface area contributed by atoms with E-state index in [2.05, 4.69) is 25.3 Å². The minimum absolute atomic E-state index is 0.125. The summed E-state index contributed by atoms with van der Waals surface area (Å²) in [6, 6.07) is 0.195. The molecular formula is C9H12N6OS. The van der Waals surface area contributed by atoms with Crippen LogP contribution in [0.3, 0.4) is 0 Å². The molecule has 3 N–H and O–H groups in total. The number of rotatable bonds is 4. The monoisotopic (exact) mass is 252 g/mol. The molecule has 0 aliphatic heterocycles. The van der Waals surface area contributed by atoms with Crippen LogP contribution in [0.2, 0.25) is 0 Å². The third-order valence-corrected chi connectivity index (χ3v) is 3.00. The molecule has 0 aromatic carbocycles. The van der Waals surface area contributed by atoms with Gasteiger partial charge in [-0.25, -0.2) is 4.98 Å². The van der Waals surface area contributed by atoms with Gasteiger partial charge in [0.25, 0.3) is 0 Å². The number of nitrogens with two attached hydrogens (primary N) is 1. The molecule has 0 atom stereocenters. The van der Waals surface area contributed by atoms with Crippen LogP contribution in [0.5, 0.6) is 6.01 Å². The number of aromatic nitrogens is 4. The topological polar surface area (TPSA) is 98.8 Å². The van der Waals surface area contributed by atoms with Crippen LogP contribution in [0.25, 0.3) is 0 Å². The smallest absolute Gasteiger partial charge is 0.322 e. The van der Waals surface area contributed by atoms with E-state index in [4.69, 9.17) is 10.5 Å². The number of anilines is 2. The lowest BCUT2D eigenvalue weighted by Gasteiger charge is -2.05. The molecule has 2 aromatic heterocycles. The molecule has 2 rings (SSSR count). The summed E-state index contributed by atoms with van der Waals surface area (Å²) in [6.07, 6.45) is 0. The predicted octanol–water partition coefficient (Wildman–Crippen LogP) is 0.839. The Morgan fingerprint density at radius 3 is 2.88 bits per heavy atom. The summed E-state index contributed by atoms with van der Waals surface area (Å²) >= 11 is 1.58. The summed E-state index contributed by atoms with van der Waals surface area (Å²) in [5, 5.41) is 3.05. The van der Waals surface area contributed by atoms with Gasteiger partial charge in [-0.1, -0.05) is 0 Å². The number of thiazole rings is 1. The van der Waals surface area contributed by atoms with E-state index in [0.717, 1.165) is 10.6 Å². The first kappa shape index (κ1) is 11.5. The van der Waals surface area contributed by atoms with Crippen LogP contribution in [0.4, 0.5) is 11.9 Å². The number of hydrogen-bond acceptors (Lipinski definition) is 8. The third kappa shape index (κ3) is 2.78. The van der Waals surface area contributed by atoms with Crippen molar-refractivity contribution in [1.82, 2.24) is 19.9 Å². The van der Waals surface area contributed by atoms with Crippen molar-refractivity contribution in [1.29, 1.82) is 0 Å². The summed E-state index contributed by atoms with van der Waals surface area (Å²) in [5.41, 5.74) is 8.32. The lowest BCUT2D eigenvalue weighted by atomic mass is 10.4. The highest BCUT2D eigenvalue weighted by molar-refractivity contribution is 7.09. The molecule has 0 bridgehead atoms. The zero-order valence-corrected chi connectivity index (χ0v) is 10.3. The molecule has 2 heterocycles. The number of methoxy groups -OCH3 is 1. The first-order chi connectivity index (χ1) is 8.19. The van der Waals surface area contributed by atoms with Crippen molar-refractivity contribution >= 4 is 23.2 Å². The first-order valence-corrected chi connectivity index (χ1v) is 5.75. The Morgan fingerprint density at radius 1 is 1.41 bits per heavy atom. The molecule has 17 heavy (non-hydrogen) atoms. The fraction of sp³-hybridized carbons (Fsp3) is 0.333. The van der Waals surface area contributed by atoms with E-state index in [-0.39, 0.29) is 12.0 Å². The lowest BCUT2D eigenvalue weighted by molar-refractivity contribution is 0.379. The third-order valence-electron chi connectivity index (χ3n) is 2.07. The van der Waals surface area contributed by atoms with Crippen molar-refractivity contribution in [3.05, 3.63) is 16.1 Å². The molecule has 7 nitrogen and oxygen atoms in total. The second kappa shape index (κ2) is 4.91. The first-order valence-electron chi connectivity index (χ1n) is 4.87. The van der Waals surface area contributed by atoms with Gasteiger partial charge in [-0.15, -0.1) is 11.3 Å². The highest BCUT2D eigenvalue weighted by Crippen LogP contribution is 2.14. The summed E-state index contributed by atoms with van der Waals surface area (Å²) in [5.74, 6) is 0.516. The van der Waals surface area contributed by atoms with Crippen LogP contribution in [0.15, 0.2) is 5.51 Å². The minimum Gasteiger partial charge on any atom is -0.467 e. The molecule has 0 spiro atoms.